The first-order valence-electron chi connectivity index (χ1n) is 10.3. The molecule has 3 nitrogen and oxygen atoms in total. The zero-order valence-electron chi connectivity index (χ0n) is 17.3. The second kappa shape index (κ2) is 8.13. The van der Waals surface area contributed by atoms with E-state index in [0.717, 1.165) is 34.0 Å². The Morgan fingerprint density at radius 1 is 0.879 bits per heavy atom. The van der Waals surface area contributed by atoms with Crippen LogP contribution in [0, 0.1) is 0 Å². The third kappa shape index (κ3) is 4.20. The van der Waals surface area contributed by atoms with Crippen LogP contribution in [0.3, 0.4) is 0 Å². The number of carbonyl (C=O) groups excluding carboxylic acids is 1. The van der Waals surface area contributed by atoms with Crippen LogP contribution >= 0.6 is 0 Å². The van der Waals surface area contributed by atoms with E-state index < -0.39 is 17.6 Å². The number of ether oxygens (including phenoxy) is 1. The quantitative estimate of drug-likeness (QED) is 0.346. The number of amides is 1. The number of carbonyl (C=O) groups is 1. The summed E-state index contributed by atoms with van der Waals surface area (Å²) in [6, 6.07) is 24.7. The molecule has 0 atom stereocenters. The standard InChI is InChI=1S/C27H18F3NO2/c28-27(29,30)20-10-13-23-24(26(32)31-25(23)15-20)14-17-8-11-21(12-9-17)33-16-19-6-3-5-18-4-1-2-7-22(18)19/h1-15H,16H2,(H,31,32)/b24-14-. The monoisotopic (exact) mass is 445 g/mol. The first-order chi connectivity index (χ1) is 15.9. The summed E-state index contributed by atoms with van der Waals surface area (Å²) >= 11 is 0. The van der Waals surface area contributed by atoms with Gasteiger partial charge in [-0.2, -0.15) is 13.2 Å². The number of benzene rings is 4. The number of nitrogens with one attached hydrogen (secondary N) is 1. The van der Waals surface area contributed by atoms with Gasteiger partial charge in [0.05, 0.1) is 5.56 Å². The van der Waals surface area contributed by atoms with Gasteiger partial charge in [-0.3, -0.25) is 4.79 Å². The summed E-state index contributed by atoms with van der Waals surface area (Å²) in [5.74, 6) is 0.247. The number of alkyl halides is 3. The maximum absolute atomic E-state index is 12.9. The average Bonchev–Trinajstić information content (AvgIpc) is 3.12. The van der Waals surface area contributed by atoms with E-state index in [1.54, 1.807) is 30.3 Å². The van der Waals surface area contributed by atoms with E-state index in [9.17, 15) is 18.0 Å². The molecule has 0 radical (unpaired) electrons. The van der Waals surface area contributed by atoms with E-state index in [-0.39, 0.29) is 5.69 Å². The molecule has 0 saturated carbocycles. The van der Waals surface area contributed by atoms with E-state index in [4.69, 9.17) is 4.74 Å². The lowest BCUT2D eigenvalue weighted by molar-refractivity contribution is -0.137. The van der Waals surface area contributed by atoms with Gasteiger partial charge in [-0.15, -0.1) is 0 Å². The van der Waals surface area contributed by atoms with E-state index >= 15 is 0 Å². The molecule has 5 rings (SSSR count). The van der Waals surface area contributed by atoms with Crippen LogP contribution in [0.1, 0.15) is 22.3 Å². The van der Waals surface area contributed by atoms with Crippen LogP contribution in [-0.2, 0) is 17.6 Å². The summed E-state index contributed by atoms with van der Waals surface area (Å²) in [6.45, 7) is 0.416. The normalized spacial score (nSPS) is 14.4. The highest BCUT2D eigenvalue weighted by molar-refractivity contribution is 6.34. The number of fused-ring (bicyclic) bond motifs is 2. The molecule has 1 aliphatic rings. The minimum atomic E-state index is -4.46. The van der Waals surface area contributed by atoms with Gasteiger partial charge in [-0.05, 0) is 52.2 Å². The molecular formula is C27H18F3NO2. The Kier molecular flexibility index (Phi) is 5.13. The molecule has 33 heavy (non-hydrogen) atoms. The molecule has 0 spiro atoms. The molecule has 4 aromatic carbocycles. The maximum Gasteiger partial charge on any atom is 0.416 e. The van der Waals surface area contributed by atoms with Crippen molar-refractivity contribution in [2.24, 2.45) is 0 Å². The summed E-state index contributed by atoms with van der Waals surface area (Å²) in [5, 5.41) is 4.80. The van der Waals surface area contributed by atoms with Crippen molar-refractivity contribution in [3.63, 3.8) is 0 Å². The Bertz CT molecular complexity index is 1380. The molecule has 0 aromatic heterocycles. The van der Waals surface area contributed by atoms with Gasteiger partial charge >= 0.3 is 6.18 Å². The van der Waals surface area contributed by atoms with Crippen molar-refractivity contribution in [1.82, 2.24) is 0 Å². The Labute approximate surface area is 188 Å². The highest BCUT2D eigenvalue weighted by Crippen LogP contribution is 2.38. The van der Waals surface area contributed by atoms with Crippen molar-refractivity contribution in [2.45, 2.75) is 12.8 Å². The largest absolute Gasteiger partial charge is 0.489 e. The fourth-order valence-corrected chi connectivity index (χ4v) is 3.92. The van der Waals surface area contributed by atoms with Crippen LogP contribution in [0.15, 0.2) is 84.9 Å². The molecule has 0 bridgehead atoms. The molecule has 6 heteroatoms. The molecule has 1 amide bonds. The van der Waals surface area contributed by atoms with Crippen molar-refractivity contribution < 1.29 is 22.7 Å². The topological polar surface area (TPSA) is 38.3 Å². The zero-order chi connectivity index (χ0) is 23.0. The molecular weight excluding hydrogens is 427 g/mol. The number of hydrogen-bond acceptors (Lipinski definition) is 2. The lowest BCUT2D eigenvalue weighted by Gasteiger charge is -2.09. The highest BCUT2D eigenvalue weighted by atomic mass is 19.4. The Hall–Kier alpha value is -4.06. The SMILES string of the molecule is O=C1Nc2cc(C(F)(F)F)ccc2/C1=C/c1ccc(OCc2cccc3ccccc23)cc1. The summed E-state index contributed by atoms with van der Waals surface area (Å²) in [7, 11) is 0. The van der Waals surface area contributed by atoms with E-state index in [1.807, 2.05) is 24.3 Å². The predicted molar refractivity (Wildman–Crippen MR) is 123 cm³/mol. The first kappa shape index (κ1) is 20.8. The van der Waals surface area contributed by atoms with Gasteiger partial charge in [-0.25, -0.2) is 0 Å². The number of rotatable bonds is 4. The Morgan fingerprint density at radius 3 is 2.42 bits per heavy atom. The maximum atomic E-state index is 12.9. The van der Waals surface area contributed by atoms with E-state index in [2.05, 4.69) is 23.5 Å². The average molecular weight is 445 g/mol. The van der Waals surface area contributed by atoms with Crippen LogP contribution in [-0.4, -0.2) is 5.91 Å². The molecule has 4 aromatic rings. The van der Waals surface area contributed by atoms with E-state index in [1.165, 1.54) is 6.07 Å². The van der Waals surface area contributed by atoms with Crippen LogP contribution < -0.4 is 10.1 Å². The number of hydrogen-bond donors (Lipinski definition) is 1. The third-order valence-electron chi connectivity index (χ3n) is 5.60. The fraction of sp³-hybridized carbons (Fsp3) is 0.0741. The van der Waals surface area contributed by atoms with Gasteiger partial charge in [0.1, 0.15) is 12.4 Å². The number of anilines is 1. The lowest BCUT2D eigenvalue weighted by Crippen LogP contribution is -2.06. The van der Waals surface area contributed by atoms with Gasteiger partial charge < -0.3 is 10.1 Å². The molecule has 1 heterocycles. The van der Waals surface area contributed by atoms with Crippen LogP contribution in [0.4, 0.5) is 18.9 Å². The summed E-state index contributed by atoms with van der Waals surface area (Å²) < 4.78 is 44.8. The van der Waals surface area contributed by atoms with Crippen molar-refractivity contribution in [1.29, 1.82) is 0 Å². The van der Waals surface area contributed by atoms with Crippen LogP contribution in [0.2, 0.25) is 0 Å². The zero-order valence-corrected chi connectivity index (χ0v) is 17.3. The summed E-state index contributed by atoms with van der Waals surface area (Å²) in [5.41, 5.74) is 1.96. The third-order valence-corrected chi connectivity index (χ3v) is 5.60. The Balaban J connectivity index is 1.34. The smallest absolute Gasteiger partial charge is 0.416 e. The van der Waals surface area contributed by atoms with Crippen molar-refractivity contribution in [3.05, 3.63) is 107 Å². The minimum Gasteiger partial charge on any atom is -0.489 e. The lowest BCUT2D eigenvalue weighted by atomic mass is 10.0. The van der Waals surface area contributed by atoms with Crippen LogP contribution in [0.25, 0.3) is 22.4 Å². The molecule has 0 saturated heterocycles. The molecule has 0 aliphatic carbocycles. The van der Waals surface area contributed by atoms with Crippen molar-refractivity contribution in [2.75, 3.05) is 5.32 Å². The molecule has 0 unspecified atom stereocenters. The second-order valence-corrected chi connectivity index (χ2v) is 7.77. The molecule has 1 N–H and O–H groups in total. The number of halogens is 3. The molecule has 164 valence electrons. The Morgan fingerprint density at radius 2 is 1.64 bits per heavy atom. The van der Waals surface area contributed by atoms with Gasteiger partial charge in [-0.1, -0.05) is 60.7 Å². The van der Waals surface area contributed by atoms with Gasteiger partial charge in [0.25, 0.3) is 5.91 Å². The van der Waals surface area contributed by atoms with Gasteiger partial charge in [0, 0.05) is 16.8 Å². The van der Waals surface area contributed by atoms with E-state index in [0.29, 0.717) is 23.5 Å². The summed E-state index contributed by atoms with van der Waals surface area (Å²) in [6.07, 6.45) is -2.81. The summed E-state index contributed by atoms with van der Waals surface area (Å²) in [4.78, 5) is 12.3. The minimum absolute atomic E-state index is 0.163. The highest BCUT2D eigenvalue weighted by Gasteiger charge is 2.33. The van der Waals surface area contributed by atoms with Crippen molar-refractivity contribution >= 4 is 34.0 Å². The fourth-order valence-electron chi connectivity index (χ4n) is 3.92. The first-order valence-corrected chi connectivity index (χ1v) is 10.3. The van der Waals surface area contributed by atoms with Gasteiger partial charge in [0.15, 0.2) is 0 Å². The predicted octanol–water partition coefficient (Wildman–Crippen LogP) is 6.93. The molecule has 1 aliphatic heterocycles. The van der Waals surface area contributed by atoms with Crippen molar-refractivity contribution in [3.8, 4) is 5.75 Å². The molecule has 0 fully saturated rings. The second-order valence-electron chi connectivity index (χ2n) is 7.77. The van der Waals surface area contributed by atoms with Crippen LogP contribution in [0.5, 0.6) is 5.75 Å². The van der Waals surface area contributed by atoms with Gasteiger partial charge in [0.2, 0.25) is 0 Å².